The molecule has 3 saturated heterocycles. The van der Waals surface area contributed by atoms with Gasteiger partial charge in [-0.15, -0.1) is 0 Å². The van der Waals surface area contributed by atoms with Crippen LogP contribution in [0.4, 0.5) is 31.8 Å². The van der Waals surface area contributed by atoms with Gasteiger partial charge >= 0.3 is 0 Å². The molecule has 11 heteroatoms. The zero-order valence-corrected chi connectivity index (χ0v) is 21.9. The van der Waals surface area contributed by atoms with E-state index in [2.05, 4.69) is 42.6 Å². The van der Waals surface area contributed by atoms with Crippen molar-refractivity contribution in [2.75, 3.05) is 68.5 Å². The number of benzene rings is 1. The van der Waals surface area contributed by atoms with Gasteiger partial charge < -0.3 is 30.5 Å². The number of nitrogens with one attached hydrogen (secondary N) is 3. The Hall–Kier alpha value is -3.02. The number of ether oxygens (including phenoxy) is 1. The van der Waals surface area contributed by atoms with Crippen LogP contribution >= 0.6 is 0 Å². The lowest BCUT2D eigenvalue weighted by Crippen LogP contribution is -2.59. The third-order valence-corrected chi connectivity index (χ3v) is 8.17. The molecule has 1 amide bonds. The molecule has 204 valence electrons. The monoisotopic (exact) mass is 527 g/mol. The van der Waals surface area contributed by atoms with E-state index in [1.165, 1.54) is 12.1 Å². The Labute approximate surface area is 221 Å². The molecule has 0 saturated carbocycles. The average molecular weight is 528 g/mol. The molecule has 0 bridgehead atoms. The molecule has 4 aliphatic rings. The van der Waals surface area contributed by atoms with E-state index in [1.807, 2.05) is 7.05 Å². The number of aromatic nitrogens is 1. The van der Waals surface area contributed by atoms with Crippen LogP contribution in [0, 0.1) is 11.6 Å². The first-order chi connectivity index (χ1) is 18.4. The van der Waals surface area contributed by atoms with Crippen molar-refractivity contribution in [2.24, 2.45) is 0 Å². The van der Waals surface area contributed by atoms with Crippen molar-refractivity contribution in [1.29, 1.82) is 0 Å². The molecule has 0 spiro atoms. The van der Waals surface area contributed by atoms with Gasteiger partial charge in [-0.2, -0.15) is 0 Å². The van der Waals surface area contributed by atoms with Gasteiger partial charge in [-0.25, -0.2) is 13.8 Å². The topological polar surface area (TPSA) is 85.0 Å². The third kappa shape index (κ3) is 4.78. The zero-order chi connectivity index (χ0) is 26.4. The highest BCUT2D eigenvalue weighted by molar-refractivity contribution is 6.04. The molecule has 0 radical (unpaired) electrons. The van der Waals surface area contributed by atoms with E-state index in [0.29, 0.717) is 23.0 Å². The van der Waals surface area contributed by atoms with Crippen LogP contribution in [0.15, 0.2) is 18.2 Å². The number of rotatable bonds is 6. The number of fused-ring (bicyclic) bond motifs is 1. The van der Waals surface area contributed by atoms with Crippen molar-refractivity contribution in [1.82, 2.24) is 20.1 Å². The first-order valence-corrected chi connectivity index (χ1v) is 13.5. The zero-order valence-electron chi connectivity index (χ0n) is 21.9. The number of hydrogen-bond acceptors (Lipinski definition) is 8. The van der Waals surface area contributed by atoms with Crippen LogP contribution in [-0.2, 0) is 11.3 Å². The minimum atomic E-state index is -0.499. The molecule has 3 N–H and O–H groups in total. The normalized spacial score (nSPS) is 24.6. The highest BCUT2D eigenvalue weighted by Crippen LogP contribution is 2.36. The number of likely N-dealkylation sites (N-methyl/N-ethyl adjacent to an activating group) is 1. The predicted octanol–water partition coefficient (Wildman–Crippen LogP) is 2.76. The maximum atomic E-state index is 15.5. The maximum absolute atomic E-state index is 15.5. The lowest BCUT2D eigenvalue weighted by atomic mass is 10.1. The number of likely N-dealkylation sites (tertiary alicyclic amines) is 1. The summed E-state index contributed by atoms with van der Waals surface area (Å²) >= 11 is 0. The molecule has 2 atom stereocenters. The number of halogens is 2. The summed E-state index contributed by atoms with van der Waals surface area (Å²) < 4.78 is 35.4. The van der Waals surface area contributed by atoms with Gasteiger partial charge in [0.15, 0.2) is 11.6 Å². The molecule has 6 rings (SSSR count). The summed E-state index contributed by atoms with van der Waals surface area (Å²) in [6.45, 7) is 7.99. The maximum Gasteiger partial charge on any atom is 0.255 e. The fraction of sp³-hybridized carbons (Fsp3) is 0.556. The molecule has 3 fully saturated rings. The summed E-state index contributed by atoms with van der Waals surface area (Å²) in [6, 6.07) is 5.22. The van der Waals surface area contributed by atoms with Crippen LogP contribution < -0.4 is 20.9 Å². The van der Waals surface area contributed by atoms with Crippen molar-refractivity contribution in [3.05, 3.63) is 41.0 Å². The van der Waals surface area contributed by atoms with E-state index in [9.17, 15) is 9.18 Å². The average Bonchev–Trinajstić information content (AvgIpc) is 3.24. The second kappa shape index (κ2) is 10.3. The lowest BCUT2D eigenvalue weighted by Gasteiger charge is -2.46. The van der Waals surface area contributed by atoms with Crippen molar-refractivity contribution in [2.45, 2.75) is 44.4 Å². The Bertz CT molecular complexity index is 1220. The van der Waals surface area contributed by atoms with E-state index in [-0.39, 0.29) is 47.6 Å². The van der Waals surface area contributed by atoms with Gasteiger partial charge in [-0.1, -0.05) is 0 Å². The van der Waals surface area contributed by atoms with Crippen LogP contribution in [0.25, 0.3) is 0 Å². The van der Waals surface area contributed by atoms with Crippen LogP contribution in [-0.4, -0.2) is 91.8 Å². The van der Waals surface area contributed by atoms with Gasteiger partial charge in [0.05, 0.1) is 36.2 Å². The Morgan fingerprint density at radius 1 is 1.13 bits per heavy atom. The number of hydrogen-bond donors (Lipinski definition) is 3. The van der Waals surface area contributed by atoms with Crippen molar-refractivity contribution in [3.8, 4) is 0 Å². The molecule has 4 aliphatic heterocycles. The fourth-order valence-electron chi connectivity index (χ4n) is 6.03. The summed E-state index contributed by atoms with van der Waals surface area (Å²) in [5.41, 5.74) is 1.83. The van der Waals surface area contributed by atoms with Crippen molar-refractivity contribution in [3.63, 3.8) is 0 Å². The molecule has 38 heavy (non-hydrogen) atoms. The number of carbonyl (C=O) groups excluding carboxylic acids is 1. The molecular weight excluding hydrogens is 492 g/mol. The lowest BCUT2D eigenvalue weighted by molar-refractivity contribution is -0.0691. The molecular formula is C27H35F2N7O2. The second-order valence-corrected chi connectivity index (χ2v) is 10.9. The van der Waals surface area contributed by atoms with Crippen LogP contribution in [0.1, 0.15) is 35.7 Å². The minimum Gasteiger partial charge on any atom is -0.378 e. The van der Waals surface area contributed by atoms with E-state index >= 15 is 4.39 Å². The smallest absolute Gasteiger partial charge is 0.255 e. The van der Waals surface area contributed by atoms with Crippen LogP contribution in [0.5, 0.6) is 0 Å². The fourth-order valence-corrected chi connectivity index (χ4v) is 6.03. The molecule has 1 aromatic heterocycles. The number of pyridine rings is 1. The van der Waals surface area contributed by atoms with Gasteiger partial charge in [-0.3, -0.25) is 9.69 Å². The SMILES string of the molecule is C[C@H]1CN(C2COC2)CCN1c1cc(F)ccc1Nc1nc(N[C@@H]2CCCN(C)C2)c(F)c2c1C(=O)NC2. The van der Waals surface area contributed by atoms with Gasteiger partial charge in [0.1, 0.15) is 11.6 Å². The first-order valence-electron chi connectivity index (χ1n) is 13.5. The minimum absolute atomic E-state index is 0.0614. The summed E-state index contributed by atoms with van der Waals surface area (Å²) in [4.78, 5) is 24.1. The highest BCUT2D eigenvalue weighted by Gasteiger charge is 2.34. The quantitative estimate of drug-likeness (QED) is 0.529. The number of carbonyl (C=O) groups is 1. The Morgan fingerprint density at radius 2 is 1.97 bits per heavy atom. The number of anilines is 4. The summed E-state index contributed by atoms with van der Waals surface area (Å²) in [5.74, 6) is -0.802. The second-order valence-electron chi connectivity index (χ2n) is 10.9. The Balaban J connectivity index is 1.31. The van der Waals surface area contributed by atoms with Crippen molar-refractivity contribution >= 4 is 28.9 Å². The Morgan fingerprint density at radius 3 is 2.71 bits per heavy atom. The molecule has 2 aromatic rings. The van der Waals surface area contributed by atoms with E-state index in [1.54, 1.807) is 6.07 Å². The van der Waals surface area contributed by atoms with Gasteiger partial charge in [0.25, 0.3) is 5.91 Å². The standard InChI is InChI=1S/C27H35F2N7O2/c1-16-12-35(19-14-38-15-19)8-9-36(16)22-10-17(28)5-6-21(22)32-25-23-20(11-30-27(23)37)24(29)26(33-25)31-18-4-3-7-34(2)13-18/h5-6,10,16,18-19H,3-4,7-9,11-15H2,1-2H3,(H,30,37)(H2,31,32,33)/t16-,18+/m0/s1. The van der Waals surface area contributed by atoms with E-state index in [0.717, 1.165) is 58.8 Å². The third-order valence-electron chi connectivity index (χ3n) is 8.17. The Kier molecular flexibility index (Phi) is 6.83. The molecule has 0 unspecified atom stereocenters. The summed E-state index contributed by atoms with van der Waals surface area (Å²) in [7, 11) is 2.05. The number of piperazine rings is 1. The van der Waals surface area contributed by atoms with Crippen LogP contribution in [0.2, 0.25) is 0 Å². The summed E-state index contributed by atoms with van der Waals surface area (Å²) in [6.07, 6.45) is 1.94. The predicted molar refractivity (Wildman–Crippen MR) is 142 cm³/mol. The molecule has 1 aromatic carbocycles. The molecule has 0 aliphatic carbocycles. The van der Waals surface area contributed by atoms with E-state index in [4.69, 9.17) is 4.74 Å². The first kappa shape index (κ1) is 25.3. The molecule has 9 nitrogen and oxygen atoms in total. The van der Waals surface area contributed by atoms with Crippen molar-refractivity contribution < 1.29 is 18.3 Å². The van der Waals surface area contributed by atoms with Gasteiger partial charge in [0, 0.05) is 50.4 Å². The van der Waals surface area contributed by atoms with Gasteiger partial charge in [0.2, 0.25) is 0 Å². The highest BCUT2D eigenvalue weighted by atomic mass is 19.1. The number of nitrogens with zero attached hydrogens (tertiary/aromatic N) is 4. The number of amides is 1. The molecule has 5 heterocycles. The van der Waals surface area contributed by atoms with Crippen LogP contribution in [0.3, 0.4) is 0 Å². The van der Waals surface area contributed by atoms with E-state index < -0.39 is 5.82 Å². The van der Waals surface area contributed by atoms with Gasteiger partial charge in [-0.05, 0) is 51.6 Å². The largest absolute Gasteiger partial charge is 0.378 e. The summed E-state index contributed by atoms with van der Waals surface area (Å²) in [5, 5.41) is 9.29. The number of piperidine rings is 1.